The van der Waals surface area contributed by atoms with Gasteiger partial charge in [0.25, 0.3) is 0 Å². The summed E-state index contributed by atoms with van der Waals surface area (Å²) in [6.07, 6.45) is 5.12. The zero-order valence-electron chi connectivity index (χ0n) is 11.7. The summed E-state index contributed by atoms with van der Waals surface area (Å²) in [7, 11) is 0. The highest BCUT2D eigenvalue weighted by Crippen LogP contribution is 2.71. The number of fused-ring (bicyclic) bond motifs is 3. The molecule has 6 atom stereocenters. The van der Waals surface area contributed by atoms with Crippen LogP contribution in [0, 0.1) is 41.6 Å². The lowest BCUT2D eigenvalue weighted by molar-refractivity contribution is 0.198. The van der Waals surface area contributed by atoms with Gasteiger partial charge in [-0.2, -0.15) is 0 Å². The second-order valence-corrected chi connectivity index (χ2v) is 7.70. The van der Waals surface area contributed by atoms with Crippen molar-refractivity contribution in [3.8, 4) is 0 Å². The molecule has 0 radical (unpaired) electrons. The normalized spacial score (nSPS) is 55.4. The first-order valence-electron chi connectivity index (χ1n) is 7.30. The predicted octanol–water partition coefficient (Wildman–Crippen LogP) is 4.39. The van der Waals surface area contributed by atoms with E-state index >= 15 is 0 Å². The van der Waals surface area contributed by atoms with Gasteiger partial charge in [0.2, 0.25) is 5.54 Å². The summed E-state index contributed by atoms with van der Waals surface area (Å²) >= 11 is 0. The lowest BCUT2D eigenvalue weighted by atomic mass is 9.73. The van der Waals surface area contributed by atoms with E-state index < -0.39 is 0 Å². The molecule has 17 heavy (non-hydrogen) atoms. The van der Waals surface area contributed by atoms with Crippen molar-refractivity contribution in [3.05, 3.63) is 11.4 Å². The van der Waals surface area contributed by atoms with Crippen LogP contribution in [0.4, 0.5) is 0 Å². The molecule has 1 nitrogen and oxygen atoms in total. The maximum absolute atomic E-state index is 7.61. The second kappa shape index (κ2) is 3.28. The summed E-state index contributed by atoms with van der Waals surface area (Å²) in [6, 6.07) is 0. The van der Waals surface area contributed by atoms with Crippen LogP contribution in [0.3, 0.4) is 0 Å². The third kappa shape index (κ3) is 1.36. The smallest absolute Gasteiger partial charge is 0.232 e. The molecule has 1 heteroatoms. The summed E-state index contributed by atoms with van der Waals surface area (Å²) in [5, 5.41) is 0. The van der Waals surface area contributed by atoms with Crippen LogP contribution in [0.1, 0.15) is 53.4 Å². The van der Waals surface area contributed by atoms with Gasteiger partial charge >= 0.3 is 0 Å². The molecule has 3 rings (SSSR count). The van der Waals surface area contributed by atoms with Gasteiger partial charge in [0.05, 0.1) is 0 Å². The van der Waals surface area contributed by atoms with Crippen molar-refractivity contribution in [2.24, 2.45) is 35.0 Å². The van der Waals surface area contributed by atoms with Crippen molar-refractivity contribution < 1.29 is 0 Å². The summed E-state index contributed by atoms with van der Waals surface area (Å²) < 4.78 is 0. The van der Waals surface area contributed by atoms with E-state index in [2.05, 4.69) is 32.5 Å². The summed E-state index contributed by atoms with van der Waals surface area (Å²) in [4.78, 5) is 4.07. The molecule has 0 bridgehead atoms. The van der Waals surface area contributed by atoms with Gasteiger partial charge in [-0.15, -0.1) is 0 Å². The maximum atomic E-state index is 7.61. The second-order valence-electron chi connectivity index (χ2n) is 7.70. The standard InChI is InChI=1S/C16H25N/c1-10-6-7-11-13(10)14-12(15(14,2)3)8-9-16(11,4)17-5/h10-14H,6-9H2,1-4H3/t10-,11-,12-,13-,14-,16?/m1/s1. The first-order valence-corrected chi connectivity index (χ1v) is 7.30. The predicted molar refractivity (Wildman–Crippen MR) is 70.4 cm³/mol. The van der Waals surface area contributed by atoms with Gasteiger partial charge in [-0.1, -0.05) is 20.8 Å². The molecule has 3 saturated carbocycles. The van der Waals surface area contributed by atoms with Gasteiger partial charge in [-0.05, 0) is 48.3 Å². The van der Waals surface area contributed by atoms with E-state index in [0.717, 1.165) is 30.1 Å². The molecule has 0 spiro atoms. The quantitative estimate of drug-likeness (QED) is 0.544. The molecule has 0 aromatic rings. The molecule has 0 aliphatic heterocycles. The topological polar surface area (TPSA) is 4.36 Å². The Labute approximate surface area is 106 Å². The van der Waals surface area contributed by atoms with Crippen LogP contribution in [0.5, 0.6) is 0 Å². The van der Waals surface area contributed by atoms with Crippen molar-refractivity contribution in [1.82, 2.24) is 0 Å². The largest absolute Gasteiger partial charge is 0.310 e. The molecular formula is C16H25N. The van der Waals surface area contributed by atoms with E-state index in [1.54, 1.807) is 0 Å². The molecule has 94 valence electrons. The monoisotopic (exact) mass is 231 g/mol. The Kier molecular flexibility index (Phi) is 2.23. The van der Waals surface area contributed by atoms with Gasteiger partial charge < -0.3 is 4.85 Å². The maximum Gasteiger partial charge on any atom is 0.232 e. The lowest BCUT2D eigenvalue weighted by Crippen LogP contribution is -2.35. The number of nitrogens with zero attached hydrogens (tertiary/aromatic N) is 1. The SMILES string of the molecule is [C-]#[N+]C1(C)CC[C@@H]2[C@H]([C@@H]3[C@H](C)CC[C@H]31)C2(C)C. The van der Waals surface area contributed by atoms with Crippen LogP contribution >= 0.6 is 0 Å². The van der Waals surface area contributed by atoms with Crippen molar-refractivity contribution in [2.75, 3.05) is 0 Å². The van der Waals surface area contributed by atoms with Crippen LogP contribution in [-0.4, -0.2) is 5.54 Å². The fraction of sp³-hybridized carbons (Fsp3) is 0.938. The Bertz CT molecular complexity index is 377. The van der Waals surface area contributed by atoms with Gasteiger partial charge in [-0.3, -0.25) is 0 Å². The third-order valence-corrected chi connectivity index (χ3v) is 6.62. The molecule has 3 fully saturated rings. The Morgan fingerprint density at radius 1 is 1.06 bits per heavy atom. The Balaban J connectivity index is 1.97. The first kappa shape index (κ1) is 11.6. The van der Waals surface area contributed by atoms with Crippen LogP contribution < -0.4 is 0 Å². The van der Waals surface area contributed by atoms with E-state index in [1.165, 1.54) is 19.3 Å². The molecule has 0 aromatic carbocycles. The minimum Gasteiger partial charge on any atom is -0.310 e. The molecule has 3 aliphatic carbocycles. The molecule has 0 amide bonds. The van der Waals surface area contributed by atoms with E-state index in [9.17, 15) is 0 Å². The molecular weight excluding hydrogens is 206 g/mol. The van der Waals surface area contributed by atoms with E-state index in [1.807, 2.05) is 0 Å². The van der Waals surface area contributed by atoms with E-state index in [4.69, 9.17) is 6.57 Å². The van der Waals surface area contributed by atoms with Crippen LogP contribution in [0.2, 0.25) is 0 Å². The average molecular weight is 231 g/mol. The summed E-state index contributed by atoms with van der Waals surface area (Å²) in [5.74, 6) is 4.23. The third-order valence-electron chi connectivity index (χ3n) is 6.62. The molecule has 0 aromatic heterocycles. The van der Waals surface area contributed by atoms with Gasteiger partial charge in [0.15, 0.2) is 0 Å². The fourth-order valence-electron chi connectivity index (χ4n) is 5.43. The van der Waals surface area contributed by atoms with Crippen molar-refractivity contribution >= 4 is 0 Å². The van der Waals surface area contributed by atoms with Crippen LogP contribution in [0.25, 0.3) is 4.85 Å². The minimum atomic E-state index is -0.0427. The fourth-order valence-corrected chi connectivity index (χ4v) is 5.43. The summed E-state index contributed by atoms with van der Waals surface area (Å²) in [6.45, 7) is 17.2. The van der Waals surface area contributed by atoms with Gasteiger partial charge in [0.1, 0.15) is 0 Å². The highest BCUT2D eigenvalue weighted by Gasteiger charge is 2.68. The van der Waals surface area contributed by atoms with Crippen molar-refractivity contribution in [3.63, 3.8) is 0 Å². The number of hydrogen-bond acceptors (Lipinski definition) is 0. The lowest BCUT2D eigenvalue weighted by Gasteiger charge is -2.30. The zero-order valence-corrected chi connectivity index (χ0v) is 11.7. The zero-order chi connectivity index (χ0) is 12.4. The van der Waals surface area contributed by atoms with Crippen LogP contribution in [0.15, 0.2) is 0 Å². The molecule has 0 saturated heterocycles. The highest BCUT2D eigenvalue weighted by atomic mass is 14.9. The van der Waals surface area contributed by atoms with Gasteiger partial charge in [0, 0.05) is 19.3 Å². The Morgan fingerprint density at radius 2 is 1.76 bits per heavy atom. The van der Waals surface area contributed by atoms with Crippen molar-refractivity contribution in [2.45, 2.75) is 58.9 Å². The number of hydrogen-bond donors (Lipinski definition) is 0. The molecule has 0 heterocycles. The molecule has 1 unspecified atom stereocenters. The Morgan fingerprint density at radius 3 is 2.41 bits per heavy atom. The average Bonchev–Trinajstić information content (AvgIpc) is 2.65. The van der Waals surface area contributed by atoms with E-state index in [-0.39, 0.29) is 5.54 Å². The molecule has 3 aliphatic rings. The first-order chi connectivity index (χ1) is 7.92. The minimum absolute atomic E-state index is 0.0427. The summed E-state index contributed by atoms with van der Waals surface area (Å²) in [5.41, 5.74) is 0.532. The van der Waals surface area contributed by atoms with Crippen molar-refractivity contribution in [1.29, 1.82) is 0 Å². The van der Waals surface area contributed by atoms with E-state index in [0.29, 0.717) is 11.3 Å². The highest BCUT2D eigenvalue weighted by molar-refractivity contribution is 5.18. The van der Waals surface area contributed by atoms with Crippen LogP contribution in [-0.2, 0) is 0 Å². The van der Waals surface area contributed by atoms with Gasteiger partial charge in [-0.25, -0.2) is 6.57 Å². The molecule has 0 N–H and O–H groups in total. The Hall–Kier alpha value is -0.510. The number of rotatable bonds is 0.